The number of nitrogens with zero attached hydrogens (tertiary/aromatic N) is 2. The number of halogens is 3. The summed E-state index contributed by atoms with van der Waals surface area (Å²) >= 11 is 17.5. The van der Waals surface area contributed by atoms with Gasteiger partial charge in [0, 0.05) is 5.02 Å². The molecule has 0 unspecified atom stereocenters. The van der Waals surface area contributed by atoms with Crippen molar-refractivity contribution in [2.24, 2.45) is 0 Å². The van der Waals surface area contributed by atoms with Crippen molar-refractivity contribution in [1.82, 2.24) is 5.16 Å². The maximum absolute atomic E-state index is 12.1. The number of hydrogen-bond donors (Lipinski definition) is 1. The minimum Gasteiger partial charge on any atom is -0.330 e. The van der Waals surface area contributed by atoms with E-state index in [1.165, 1.54) is 19.1 Å². The summed E-state index contributed by atoms with van der Waals surface area (Å²) in [4.78, 5) is 22.3. The van der Waals surface area contributed by atoms with E-state index in [0.717, 1.165) is 0 Å². The summed E-state index contributed by atoms with van der Waals surface area (Å²) in [5.41, 5.74) is -0.487. The third-order valence-electron chi connectivity index (χ3n) is 2.48. The Morgan fingerprint density at radius 3 is 2.43 bits per heavy atom. The number of benzene rings is 1. The van der Waals surface area contributed by atoms with Crippen LogP contribution in [-0.4, -0.2) is 16.0 Å². The van der Waals surface area contributed by atoms with Crippen molar-refractivity contribution in [3.05, 3.63) is 48.6 Å². The topological polar surface area (TPSA) is 98.3 Å². The van der Waals surface area contributed by atoms with E-state index in [-0.39, 0.29) is 26.3 Å². The smallest absolute Gasteiger partial charge is 0.330 e. The number of aromatic nitrogens is 1. The Kier molecular flexibility index (Phi) is 4.36. The maximum Gasteiger partial charge on any atom is 0.356 e. The lowest BCUT2D eigenvalue weighted by Gasteiger charge is -2.06. The van der Waals surface area contributed by atoms with E-state index >= 15 is 0 Å². The van der Waals surface area contributed by atoms with Gasteiger partial charge in [0.2, 0.25) is 0 Å². The van der Waals surface area contributed by atoms with Crippen LogP contribution in [0.15, 0.2) is 16.7 Å². The number of carbonyl (C=O) groups is 1. The van der Waals surface area contributed by atoms with E-state index in [4.69, 9.17) is 39.3 Å². The number of nitrogens with one attached hydrogen (secondary N) is 1. The summed E-state index contributed by atoms with van der Waals surface area (Å²) in [6.07, 6.45) is 0. The van der Waals surface area contributed by atoms with Crippen molar-refractivity contribution in [1.29, 1.82) is 0 Å². The molecule has 1 N–H and O–H groups in total. The second-order valence-corrected chi connectivity index (χ2v) is 5.15. The van der Waals surface area contributed by atoms with Gasteiger partial charge in [-0.3, -0.25) is 20.2 Å². The summed E-state index contributed by atoms with van der Waals surface area (Å²) in [7, 11) is 0. The first-order valence-corrected chi connectivity index (χ1v) is 6.51. The number of carbonyl (C=O) groups excluding carboxylic acids is 1. The predicted molar refractivity (Wildman–Crippen MR) is 77.3 cm³/mol. The fraction of sp³-hybridized carbons (Fsp3) is 0.0909. The Labute approximate surface area is 132 Å². The molecule has 7 nitrogen and oxygen atoms in total. The standard InChI is InChI=1S/C11H6Cl3N3O4/c1-4-9(17(19)20)11(21-16-4)15-10(18)8-6(13)2-5(12)3-7(8)14/h2-3H,1H3,(H,15,18). The molecule has 0 spiro atoms. The second-order valence-electron chi connectivity index (χ2n) is 3.90. The van der Waals surface area contributed by atoms with E-state index in [1.54, 1.807) is 0 Å². The van der Waals surface area contributed by atoms with Crippen molar-refractivity contribution >= 4 is 52.3 Å². The summed E-state index contributed by atoms with van der Waals surface area (Å²) in [5.74, 6) is -1.18. The molecule has 0 fully saturated rings. The molecule has 0 aliphatic carbocycles. The Balaban J connectivity index is 2.38. The first kappa shape index (κ1) is 15.6. The van der Waals surface area contributed by atoms with Gasteiger partial charge in [0.05, 0.1) is 20.5 Å². The fourth-order valence-electron chi connectivity index (χ4n) is 1.59. The minimum atomic E-state index is -0.777. The summed E-state index contributed by atoms with van der Waals surface area (Å²) in [6.45, 7) is 1.37. The van der Waals surface area contributed by atoms with Gasteiger partial charge in [-0.2, -0.15) is 0 Å². The highest BCUT2D eigenvalue weighted by molar-refractivity contribution is 6.42. The minimum absolute atomic E-state index is 0.00360. The summed E-state index contributed by atoms with van der Waals surface area (Å²) < 4.78 is 4.72. The Morgan fingerprint density at radius 1 is 1.33 bits per heavy atom. The number of nitro groups is 1. The molecule has 0 bridgehead atoms. The van der Waals surface area contributed by atoms with E-state index in [2.05, 4.69) is 10.5 Å². The zero-order valence-corrected chi connectivity index (χ0v) is 12.6. The maximum atomic E-state index is 12.1. The van der Waals surface area contributed by atoms with E-state index in [9.17, 15) is 14.9 Å². The van der Waals surface area contributed by atoms with Crippen LogP contribution in [0, 0.1) is 17.0 Å². The van der Waals surface area contributed by atoms with Crippen molar-refractivity contribution in [3.8, 4) is 0 Å². The second kappa shape index (κ2) is 5.88. The number of rotatable bonds is 3. The van der Waals surface area contributed by atoms with Gasteiger partial charge >= 0.3 is 11.6 Å². The first-order chi connectivity index (χ1) is 9.81. The van der Waals surface area contributed by atoms with Gasteiger partial charge in [0.1, 0.15) is 0 Å². The molecule has 21 heavy (non-hydrogen) atoms. The number of amides is 1. The summed E-state index contributed by atoms with van der Waals surface area (Å²) in [5, 5.41) is 16.8. The molecule has 2 aromatic rings. The van der Waals surface area contributed by atoms with Gasteiger partial charge in [-0.1, -0.05) is 40.0 Å². The highest BCUT2D eigenvalue weighted by Crippen LogP contribution is 2.32. The average molecular weight is 351 g/mol. The van der Waals surface area contributed by atoms with Gasteiger partial charge < -0.3 is 4.52 Å². The van der Waals surface area contributed by atoms with E-state index < -0.39 is 22.4 Å². The Hall–Kier alpha value is -1.83. The molecule has 0 saturated carbocycles. The van der Waals surface area contributed by atoms with Crippen LogP contribution in [-0.2, 0) is 0 Å². The zero-order chi connectivity index (χ0) is 15.7. The van der Waals surface area contributed by atoms with E-state index in [1.807, 2.05) is 0 Å². The van der Waals surface area contributed by atoms with Gasteiger partial charge in [-0.15, -0.1) is 0 Å². The first-order valence-electron chi connectivity index (χ1n) is 5.37. The van der Waals surface area contributed by atoms with Crippen LogP contribution in [0.4, 0.5) is 11.6 Å². The number of hydrogen-bond acceptors (Lipinski definition) is 5. The molecular weight excluding hydrogens is 344 g/mol. The van der Waals surface area contributed by atoms with Crippen molar-refractivity contribution in [3.63, 3.8) is 0 Å². The van der Waals surface area contributed by atoms with Gasteiger partial charge in [0.15, 0.2) is 5.69 Å². The van der Waals surface area contributed by atoms with Gasteiger partial charge in [0.25, 0.3) is 5.91 Å². The monoisotopic (exact) mass is 349 g/mol. The predicted octanol–water partition coefficient (Wildman–Crippen LogP) is 4.10. The van der Waals surface area contributed by atoms with Crippen LogP contribution < -0.4 is 5.32 Å². The van der Waals surface area contributed by atoms with Crippen LogP contribution in [0.5, 0.6) is 0 Å². The van der Waals surface area contributed by atoms with Gasteiger partial charge in [-0.25, -0.2) is 0 Å². The van der Waals surface area contributed by atoms with Crippen molar-refractivity contribution < 1.29 is 14.2 Å². The fourth-order valence-corrected chi connectivity index (χ4v) is 2.58. The lowest BCUT2D eigenvalue weighted by atomic mass is 10.2. The third-order valence-corrected chi connectivity index (χ3v) is 3.29. The highest BCUT2D eigenvalue weighted by atomic mass is 35.5. The van der Waals surface area contributed by atoms with Gasteiger partial charge in [-0.05, 0) is 19.1 Å². The molecule has 1 heterocycles. The van der Waals surface area contributed by atoms with Crippen LogP contribution in [0.1, 0.15) is 16.1 Å². The Morgan fingerprint density at radius 2 is 1.90 bits per heavy atom. The summed E-state index contributed by atoms with van der Waals surface area (Å²) in [6, 6.07) is 2.65. The molecule has 0 atom stereocenters. The van der Waals surface area contributed by atoms with Crippen molar-refractivity contribution in [2.75, 3.05) is 5.32 Å². The molecule has 1 amide bonds. The molecule has 0 saturated heterocycles. The quantitative estimate of drug-likeness (QED) is 0.663. The molecule has 2 rings (SSSR count). The molecule has 110 valence electrons. The average Bonchev–Trinajstić information content (AvgIpc) is 2.68. The molecule has 0 radical (unpaired) electrons. The highest BCUT2D eigenvalue weighted by Gasteiger charge is 2.27. The Bertz CT molecular complexity index is 721. The number of aryl methyl sites for hydroxylation is 1. The normalized spacial score (nSPS) is 10.5. The van der Waals surface area contributed by atoms with Crippen molar-refractivity contribution in [2.45, 2.75) is 6.92 Å². The van der Waals surface area contributed by atoms with Crippen LogP contribution in [0.3, 0.4) is 0 Å². The van der Waals surface area contributed by atoms with Crippen LogP contribution in [0.25, 0.3) is 0 Å². The zero-order valence-electron chi connectivity index (χ0n) is 10.3. The molecule has 1 aromatic carbocycles. The lowest BCUT2D eigenvalue weighted by Crippen LogP contribution is -2.13. The molecule has 0 aliphatic rings. The number of anilines is 1. The molecule has 10 heteroatoms. The lowest BCUT2D eigenvalue weighted by molar-refractivity contribution is -0.384. The largest absolute Gasteiger partial charge is 0.356 e. The molecule has 1 aromatic heterocycles. The van der Waals surface area contributed by atoms with Crippen LogP contribution in [0.2, 0.25) is 15.1 Å². The molecule has 0 aliphatic heterocycles. The molecular formula is C11H6Cl3N3O4. The SMILES string of the molecule is Cc1noc(NC(=O)c2c(Cl)cc(Cl)cc2Cl)c1[N+](=O)[O-]. The third kappa shape index (κ3) is 3.10. The van der Waals surface area contributed by atoms with Crippen LogP contribution >= 0.6 is 34.8 Å². The van der Waals surface area contributed by atoms with E-state index in [0.29, 0.717) is 0 Å².